The van der Waals surface area contributed by atoms with Gasteiger partial charge in [0.1, 0.15) is 0 Å². The van der Waals surface area contributed by atoms with Crippen molar-refractivity contribution in [3.05, 3.63) is 52.0 Å². The number of aromatic nitrogens is 1. The maximum absolute atomic E-state index is 12.4. The zero-order valence-electron chi connectivity index (χ0n) is 18.5. The second-order valence-corrected chi connectivity index (χ2v) is 8.57. The molecule has 0 spiro atoms. The average molecular weight is 556 g/mol. The molecule has 0 aliphatic carbocycles. The molecule has 1 aliphatic heterocycles. The summed E-state index contributed by atoms with van der Waals surface area (Å²) in [4.78, 5) is 23.7. The summed E-state index contributed by atoms with van der Waals surface area (Å²) in [7, 11) is 0. The molecule has 1 saturated heterocycles. The third-order valence-corrected chi connectivity index (χ3v) is 6.28. The number of likely N-dealkylation sites (tertiary alicyclic amines) is 1. The highest BCUT2D eigenvalue weighted by Gasteiger charge is 2.28. The van der Waals surface area contributed by atoms with Gasteiger partial charge in [0, 0.05) is 56.9 Å². The molecule has 1 amide bonds. The molecule has 1 aliphatic rings. The summed E-state index contributed by atoms with van der Waals surface area (Å²) in [6.07, 6.45) is 3.38. The number of carbonyl (C=O) groups excluding carboxylic acids is 1. The van der Waals surface area contributed by atoms with Gasteiger partial charge in [-0.25, -0.2) is 4.98 Å². The van der Waals surface area contributed by atoms with E-state index >= 15 is 0 Å². The Morgan fingerprint density at radius 3 is 2.74 bits per heavy atom. The lowest BCUT2D eigenvalue weighted by Crippen LogP contribution is -2.38. The minimum Gasteiger partial charge on any atom is -0.357 e. The van der Waals surface area contributed by atoms with Crippen molar-refractivity contribution >= 4 is 47.2 Å². The number of amides is 1. The van der Waals surface area contributed by atoms with Crippen LogP contribution in [0, 0.1) is 5.92 Å². The fourth-order valence-electron chi connectivity index (χ4n) is 3.60. The topological polar surface area (TPSA) is 69.6 Å². The van der Waals surface area contributed by atoms with Gasteiger partial charge in [-0.05, 0) is 25.3 Å². The smallest absolute Gasteiger partial charge is 0.223 e. The summed E-state index contributed by atoms with van der Waals surface area (Å²) in [6, 6.07) is 10.3. The second kappa shape index (κ2) is 13.7. The largest absolute Gasteiger partial charge is 0.357 e. The molecule has 1 unspecified atom stereocenters. The summed E-state index contributed by atoms with van der Waals surface area (Å²) in [5, 5.41) is 10.0. The number of halogens is 1. The Morgan fingerprint density at radius 1 is 1.23 bits per heavy atom. The molecular formula is C23H34IN5OS. The molecule has 1 fully saturated rings. The van der Waals surface area contributed by atoms with Crippen LogP contribution < -0.4 is 10.6 Å². The molecule has 0 radical (unpaired) electrons. The number of nitrogens with one attached hydrogen (secondary N) is 2. The molecule has 170 valence electrons. The van der Waals surface area contributed by atoms with Crippen LogP contribution in [0.25, 0.3) is 0 Å². The number of benzene rings is 1. The van der Waals surface area contributed by atoms with Gasteiger partial charge in [-0.2, -0.15) is 0 Å². The van der Waals surface area contributed by atoms with Crippen molar-refractivity contribution in [3.8, 4) is 0 Å². The number of aryl methyl sites for hydroxylation is 1. The number of rotatable bonds is 10. The van der Waals surface area contributed by atoms with E-state index in [1.807, 2.05) is 23.1 Å². The summed E-state index contributed by atoms with van der Waals surface area (Å²) >= 11 is 1.73. The van der Waals surface area contributed by atoms with Crippen LogP contribution in [0.15, 0.2) is 40.7 Å². The van der Waals surface area contributed by atoms with Crippen molar-refractivity contribution in [3.63, 3.8) is 0 Å². The van der Waals surface area contributed by atoms with Gasteiger partial charge in [0.25, 0.3) is 0 Å². The zero-order valence-corrected chi connectivity index (χ0v) is 21.6. The van der Waals surface area contributed by atoms with Crippen LogP contribution in [0.4, 0.5) is 0 Å². The average Bonchev–Trinajstić information content (AvgIpc) is 3.37. The molecule has 0 bridgehead atoms. The quantitative estimate of drug-likeness (QED) is 0.268. The summed E-state index contributed by atoms with van der Waals surface area (Å²) in [6.45, 7) is 8.06. The number of guanidine groups is 1. The van der Waals surface area contributed by atoms with Gasteiger partial charge >= 0.3 is 0 Å². The lowest BCUT2D eigenvalue weighted by Gasteiger charge is -2.16. The predicted molar refractivity (Wildman–Crippen MR) is 139 cm³/mol. The molecule has 2 N–H and O–H groups in total. The Balaban J connectivity index is 0.00000341. The van der Waals surface area contributed by atoms with E-state index in [0.717, 1.165) is 57.1 Å². The maximum atomic E-state index is 12.4. The molecule has 1 aromatic carbocycles. The maximum Gasteiger partial charge on any atom is 0.223 e. The van der Waals surface area contributed by atoms with Crippen LogP contribution in [0.3, 0.4) is 0 Å². The predicted octanol–water partition coefficient (Wildman–Crippen LogP) is 3.51. The second-order valence-electron chi connectivity index (χ2n) is 7.63. The van der Waals surface area contributed by atoms with Gasteiger partial charge in [-0.15, -0.1) is 35.3 Å². The first kappa shape index (κ1) is 25.6. The highest BCUT2D eigenvalue weighted by atomic mass is 127. The molecule has 1 atom stereocenters. The Kier molecular flexibility index (Phi) is 11.3. The third kappa shape index (κ3) is 8.40. The molecule has 2 heterocycles. The summed E-state index contributed by atoms with van der Waals surface area (Å²) < 4.78 is 0. The van der Waals surface area contributed by atoms with E-state index in [1.54, 1.807) is 11.3 Å². The minimum atomic E-state index is 0. The first-order valence-electron chi connectivity index (χ1n) is 10.9. The molecule has 8 heteroatoms. The Morgan fingerprint density at radius 2 is 2.03 bits per heavy atom. The first-order valence-corrected chi connectivity index (χ1v) is 11.8. The minimum absolute atomic E-state index is 0. The Bertz CT molecular complexity index is 826. The standard InChI is InChI=1S/C23H33N5OS.HI/c1-3-21-27-20(17-30-21)10-12-25-23(24-4-2)26-15-19-14-22(29)28(16-19)13-11-18-8-6-5-7-9-18;/h5-9,17,19H,3-4,10-16H2,1-2H3,(H2,24,25,26);1H. The van der Waals surface area contributed by atoms with Crippen molar-refractivity contribution in [2.45, 2.75) is 39.5 Å². The highest BCUT2D eigenvalue weighted by molar-refractivity contribution is 14.0. The molecule has 0 saturated carbocycles. The van der Waals surface area contributed by atoms with Crippen LogP contribution in [-0.4, -0.2) is 54.5 Å². The van der Waals surface area contributed by atoms with E-state index < -0.39 is 0 Å². The normalized spacial score (nSPS) is 16.3. The number of hydrogen-bond acceptors (Lipinski definition) is 4. The Hall–Kier alpha value is -1.68. The van der Waals surface area contributed by atoms with E-state index in [0.29, 0.717) is 13.0 Å². The molecule has 1 aromatic heterocycles. The van der Waals surface area contributed by atoms with E-state index in [9.17, 15) is 4.79 Å². The fourth-order valence-corrected chi connectivity index (χ4v) is 4.38. The highest BCUT2D eigenvalue weighted by Crippen LogP contribution is 2.18. The van der Waals surface area contributed by atoms with E-state index in [-0.39, 0.29) is 35.8 Å². The van der Waals surface area contributed by atoms with Crippen LogP contribution >= 0.6 is 35.3 Å². The van der Waals surface area contributed by atoms with Gasteiger partial charge in [0.15, 0.2) is 5.96 Å². The van der Waals surface area contributed by atoms with Gasteiger partial charge in [-0.3, -0.25) is 9.79 Å². The number of thiazole rings is 1. The molecule has 6 nitrogen and oxygen atoms in total. The Labute approximate surface area is 207 Å². The molecule has 3 rings (SSSR count). The van der Waals surface area contributed by atoms with Crippen molar-refractivity contribution in [1.29, 1.82) is 0 Å². The van der Waals surface area contributed by atoms with E-state index in [1.165, 1.54) is 10.6 Å². The van der Waals surface area contributed by atoms with Crippen molar-refractivity contribution in [1.82, 2.24) is 20.5 Å². The lowest BCUT2D eigenvalue weighted by atomic mass is 10.1. The summed E-state index contributed by atoms with van der Waals surface area (Å²) in [5.41, 5.74) is 2.41. The SMILES string of the molecule is CCNC(=NCC1CC(=O)N(CCc2ccccc2)C1)NCCc1csc(CC)n1.I. The van der Waals surface area contributed by atoms with Gasteiger partial charge in [-0.1, -0.05) is 37.3 Å². The first-order chi connectivity index (χ1) is 14.7. The van der Waals surface area contributed by atoms with E-state index in [2.05, 4.69) is 47.0 Å². The monoisotopic (exact) mass is 555 g/mol. The van der Waals surface area contributed by atoms with Gasteiger partial charge in [0.05, 0.1) is 10.7 Å². The van der Waals surface area contributed by atoms with Crippen LogP contribution in [0.2, 0.25) is 0 Å². The number of hydrogen-bond donors (Lipinski definition) is 2. The third-order valence-electron chi connectivity index (χ3n) is 5.23. The van der Waals surface area contributed by atoms with Crippen LogP contribution in [0.5, 0.6) is 0 Å². The molecule has 31 heavy (non-hydrogen) atoms. The number of carbonyl (C=O) groups is 1. The molecular weight excluding hydrogens is 521 g/mol. The van der Waals surface area contributed by atoms with Crippen molar-refractivity contribution in [2.24, 2.45) is 10.9 Å². The number of nitrogens with zero attached hydrogens (tertiary/aromatic N) is 3. The van der Waals surface area contributed by atoms with Crippen LogP contribution in [0.1, 0.15) is 36.5 Å². The zero-order chi connectivity index (χ0) is 21.2. The van der Waals surface area contributed by atoms with Crippen molar-refractivity contribution in [2.75, 3.05) is 32.7 Å². The number of aliphatic imine (C=N–C) groups is 1. The van der Waals surface area contributed by atoms with Crippen molar-refractivity contribution < 1.29 is 4.79 Å². The van der Waals surface area contributed by atoms with E-state index in [4.69, 9.17) is 4.99 Å². The lowest BCUT2D eigenvalue weighted by molar-refractivity contribution is -0.127. The summed E-state index contributed by atoms with van der Waals surface area (Å²) in [5.74, 6) is 1.35. The van der Waals surface area contributed by atoms with Gasteiger partial charge in [0.2, 0.25) is 5.91 Å². The molecule has 2 aromatic rings. The van der Waals surface area contributed by atoms with Crippen LogP contribution in [-0.2, 0) is 24.1 Å². The van der Waals surface area contributed by atoms with Gasteiger partial charge < -0.3 is 15.5 Å². The fraction of sp³-hybridized carbons (Fsp3) is 0.522.